The molecule has 0 bridgehead atoms. The first-order valence-corrected chi connectivity index (χ1v) is 8.39. The summed E-state index contributed by atoms with van der Waals surface area (Å²) in [5.74, 6) is 2.28. The van der Waals surface area contributed by atoms with Crippen LogP contribution in [0.25, 0.3) is 11.0 Å². The lowest BCUT2D eigenvalue weighted by atomic mass is 10.3. The van der Waals surface area contributed by atoms with Crippen LogP contribution >= 0.6 is 12.4 Å². The van der Waals surface area contributed by atoms with Crippen LogP contribution in [-0.4, -0.2) is 57.8 Å². The van der Waals surface area contributed by atoms with E-state index in [-0.39, 0.29) is 19.0 Å². The molecule has 10 heteroatoms. The fourth-order valence-corrected chi connectivity index (χ4v) is 2.15. The first kappa shape index (κ1) is 20.9. The van der Waals surface area contributed by atoms with Gasteiger partial charge in [0.2, 0.25) is 11.9 Å². The second-order valence-corrected chi connectivity index (χ2v) is 5.13. The SMILES string of the molecule is CCCNc1nc(NCC)nc2c(NCCO)nc(NCC)nc12.Cl. The number of halogens is 1. The van der Waals surface area contributed by atoms with Crippen molar-refractivity contribution in [2.75, 3.05) is 54.1 Å². The molecule has 0 saturated heterocycles. The molecule has 0 aliphatic rings. The minimum absolute atomic E-state index is 0. The van der Waals surface area contributed by atoms with Crippen molar-refractivity contribution in [2.24, 2.45) is 0 Å². The van der Waals surface area contributed by atoms with Gasteiger partial charge in [0.05, 0.1) is 6.61 Å². The molecule has 0 radical (unpaired) electrons. The van der Waals surface area contributed by atoms with Crippen molar-refractivity contribution in [2.45, 2.75) is 27.2 Å². The Morgan fingerprint density at radius 2 is 1.20 bits per heavy atom. The van der Waals surface area contributed by atoms with E-state index < -0.39 is 0 Å². The van der Waals surface area contributed by atoms with Gasteiger partial charge < -0.3 is 26.4 Å². The highest BCUT2D eigenvalue weighted by atomic mass is 35.5. The third kappa shape index (κ3) is 5.43. The number of hydrogen-bond acceptors (Lipinski definition) is 9. The van der Waals surface area contributed by atoms with E-state index in [1.165, 1.54) is 0 Å². The predicted octanol–water partition coefficient (Wildman–Crippen LogP) is 1.93. The Hall–Kier alpha value is -2.13. The number of aromatic nitrogens is 4. The van der Waals surface area contributed by atoms with Gasteiger partial charge in [0.15, 0.2) is 11.6 Å². The molecule has 0 aliphatic carbocycles. The summed E-state index contributed by atoms with van der Waals surface area (Å²) in [7, 11) is 0. The second-order valence-electron chi connectivity index (χ2n) is 5.13. The Balaban J connectivity index is 0.00000312. The van der Waals surface area contributed by atoms with Crippen molar-refractivity contribution < 1.29 is 5.11 Å². The van der Waals surface area contributed by atoms with Gasteiger partial charge in [0, 0.05) is 26.2 Å². The van der Waals surface area contributed by atoms with Crippen molar-refractivity contribution in [3.05, 3.63) is 0 Å². The Labute approximate surface area is 153 Å². The van der Waals surface area contributed by atoms with Crippen molar-refractivity contribution in [3.8, 4) is 0 Å². The average Bonchev–Trinajstić information content (AvgIpc) is 2.58. The van der Waals surface area contributed by atoms with E-state index in [2.05, 4.69) is 48.1 Å². The summed E-state index contributed by atoms with van der Waals surface area (Å²) in [4.78, 5) is 18.1. The summed E-state index contributed by atoms with van der Waals surface area (Å²) in [5, 5.41) is 21.8. The maximum atomic E-state index is 9.10. The van der Waals surface area contributed by atoms with Gasteiger partial charge in [-0.05, 0) is 20.3 Å². The summed E-state index contributed by atoms with van der Waals surface area (Å²) in [6, 6.07) is 0. The standard InChI is InChI=1S/C15H26N8O.ClH/c1-4-7-18-12-10-11(21-14(22-12)16-5-2)13(19-8-9-24)23-15(20-10)17-6-3;/h24H,4-9H2,1-3H3,(H2,16,18,21,22)(H2,17,19,20,23);1H. The summed E-state index contributed by atoms with van der Waals surface area (Å²) in [5.41, 5.74) is 1.27. The second kappa shape index (κ2) is 10.7. The molecule has 9 nitrogen and oxygen atoms in total. The average molecular weight is 371 g/mol. The number of nitrogens with one attached hydrogen (secondary N) is 4. The Bertz CT molecular complexity index is 612. The maximum absolute atomic E-state index is 9.10. The van der Waals surface area contributed by atoms with Crippen LogP contribution in [0.4, 0.5) is 23.5 Å². The third-order valence-corrected chi connectivity index (χ3v) is 3.16. The quantitative estimate of drug-likeness (QED) is 0.427. The molecule has 2 heterocycles. The third-order valence-electron chi connectivity index (χ3n) is 3.16. The van der Waals surface area contributed by atoms with Crippen molar-refractivity contribution in [1.82, 2.24) is 19.9 Å². The van der Waals surface area contributed by atoms with Crippen LogP contribution in [-0.2, 0) is 0 Å². The molecule has 0 unspecified atom stereocenters. The van der Waals surface area contributed by atoms with Gasteiger partial charge in [-0.25, -0.2) is 9.97 Å². The minimum atomic E-state index is 0. The lowest BCUT2D eigenvalue weighted by Gasteiger charge is -2.14. The van der Waals surface area contributed by atoms with Gasteiger partial charge in [-0.3, -0.25) is 0 Å². The molecule has 2 aromatic heterocycles. The highest BCUT2D eigenvalue weighted by Crippen LogP contribution is 2.26. The molecule has 25 heavy (non-hydrogen) atoms. The van der Waals surface area contributed by atoms with E-state index in [0.29, 0.717) is 54.2 Å². The van der Waals surface area contributed by atoms with Gasteiger partial charge in [-0.15, -0.1) is 12.4 Å². The summed E-state index contributed by atoms with van der Waals surface area (Å²) >= 11 is 0. The zero-order chi connectivity index (χ0) is 17.4. The lowest BCUT2D eigenvalue weighted by molar-refractivity contribution is 0.311. The number of hydrogen-bond donors (Lipinski definition) is 5. The molecular weight excluding hydrogens is 344 g/mol. The summed E-state index contributed by atoms with van der Waals surface area (Å²) in [6.07, 6.45) is 0.975. The van der Waals surface area contributed by atoms with E-state index in [0.717, 1.165) is 13.0 Å². The monoisotopic (exact) mass is 370 g/mol. The Kier molecular flexibility index (Phi) is 8.93. The molecule has 5 N–H and O–H groups in total. The highest BCUT2D eigenvalue weighted by Gasteiger charge is 2.15. The van der Waals surface area contributed by atoms with E-state index in [1.807, 2.05) is 13.8 Å². The van der Waals surface area contributed by atoms with Crippen molar-refractivity contribution in [1.29, 1.82) is 0 Å². The molecule has 2 aromatic rings. The molecule has 140 valence electrons. The number of nitrogens with zero attached hydrogens (tertiary/aromatic N) is 4. The minimum Gasteiger partial charge on any atom is -0.395 e. The molecule has 2 rings (SSSR count). The molecule has 0 saturated carbocycles. The molecule has 0 aliphatic heterocycles. The smallest absolute Gasteiger partial charge is 0.225 e. The van der Waals surface area contributed by atoms with Gasteiger partial charge in [-0.1, -0.05) is 6.92 Å². The van der Waals surface area contributed by atoms with E-state index in [9.17, 15) is 0 Å². The fraction of sp³-hybridized carbons (Fsp3) is 0.600. The summed E-state index contributed by atoms with van der Waals surface area (Å²) in [6.45, 7) is 8.67. The predicted molar refractivity (Wildman–Crippen MR) is 105 cm³/mol. The molecule has 0 amide bonds. The number of fused-ring (bicyclic) bond motifs is 1. The van der Waals surface area contributed by atoms with Crippen LogP contribution < -0.4 is 21.3 Å². The molecule has 0 aromatic carbocycles. The van der Waals surface area contributed by atoms with Gasteiger partial charge >= 0.3 is 0 Å². The largest absolute Gasteiger partial charge is 0.395 e. The fourth-order valence-electron chi connectivity index (χ4n) is 2.15. The van der Waals surface area contributed by atoms with Crippen molar-refractivity contribution >= 4 is 47.0 Å². The first-order chi connectivity index (χ1) is 11.7. The Morgan fingerprint density at radius 1 is 0.720 bits per heavy atom. The van der Waals surface area contributed by atoms with Crippen LogP contribution in [0.2, 0.25) is 0 Å². The number of rotatable bonds is 10. The van der Waals surface area contributed by atoms with Gasteiger partial charge in [-0.2, -0.15) is 9.97 Å². The number of aliphatic hydroxyl groups excluding tert-OH is 1. The normalized spacial score (nSPS) is 10.2. The van der Waals surface area contributed by atoms with Crippen LogP contribution in [0.15, 0.2) is 0 Å². The highest BCUT2D eigenvalue weighted by molar-refractivity contribution is 5.94. The molecule has 0 fully saturated rings. The molecule has 0 spiro atoms. The van der Waals surface area contributed by atoms with E-state index in [4.69, 9.17) is 5.11 Å². The van der Waals surface area contributed by atoms with Crippen molar-refractivity contribution in [3.63, 3.8) is 0 Å². The van der Waals surface area contributed by atoms with Crippen LogP contribution in [0.5, 0.6) is 0 Å². The van der Waals surface area contributed by atoms with Gasteiger partial charge in [0.1, 0.15) is 11.0 Å². The maximum Gasteiger partial charge on any atom is 0.225 e. The molecular formula is C15H27ClN8O. The number of anilines is 4. The topological polar surface area (TPSA) is 120 Å². The summed E-state index contributed by atoms with van der Waals surface area (Å²) < 4.78 is 0. The number of aliphatic hydroxyl groups is 1. The lowest BCUT2D eigenvalue weighted by Crippen LogP contribution is -2.14. The first-order valence-electron chi connectivity index (χ1n) is 8.39. The van der Waals surface area contributed by atoms with Crippen LogP contribution in [0.3, 0.4) is 0 Å². The van der Waals surface area contributed by atoms with Crippen LogP contribution in [0, 0.1) is 0 Å². The van der Waals surface area contributed by atoms with E-state index >= 15 is 0 Å². The molecule has 0 atom stereocenters. The Morgan fingerprint density at radius 3 is 1.60 bits per heavy atom. The van der Waals surface area contributed by atoms with Gasteiger partial charge in [0.25, 0.3) is 0 Å². The zero-order valence-corrected chi connectivity index (χ0v) is 15.7. The zero-order valence-electron chi connectivity index (χ0n) is 14.9. The van der Waals surface area contributed by atoms with E-state index in [1.54, 1.807) is 0 Å². The van der Waals surface area contributed by atoms with Crippen LogP contribution in [0.1, 0.15) is 27.2 Å².